The molecule has 4 rings (SSSR count). The minimum absolute atomic E-state index is 0. The number of rotatable bonds is 8. The Morgan fingerprint density at radius 2 is 1.56 bits per heavy atom. The summed E-state index contributed by atoms with van der Waals surface area (Å²) in [6.07, 6.45) is -0.398. The van der Waals surface area contributed by atoms with Crippen molar-refractivity contribution in [2.24, 2.45) is 10.7 Å². The Balaban J connectivity index is 0.00000289. The first kappa shape index (κ1) is 23.9. The summed E-state index contributed by atoms with van der Waals surface area (Å²) in [6.45, 7) is 3.46. The van der Waals surface area contributed by atoms with E-state index in [4.69, 9.17) is 20.2 Å². The van der Waals surface area contributed by atoms with Gasteiger partial charge in [-0.1, -0.05) is 54.6 Å². The Labute approximate surface area is 206 Å². The van der Waals surface area contributed by atoms with Crippen molar-refractivity contribution >= 4 is 35.6 Å². The van der Waals surface area contributed by atoms with Crippen LogP contribution in [0, 0.1) is 0 Å². The average Bonchev–Trinajstić information content (AvgIpc) is 2.82. The zero-order chi connectivity index (χ0) is 21.5. The molecule has 0 saturated heterocycles. The van der Waals surface area contributed by atoms with Crippen LogP contribution in [0.2, 0.25) is 0 Å². The fraction of sp³-hybridized carbons (Fsp3) is 0.240. The molecule has 0 spiro atoms. The van der Waals surface area contributed by atoms with Crippen molar-refractivity contribution < 1.29 is 9.47 Å². The number of hydrogen-bond donors (Lipinski definition) is 2. The predicted octanol–water partition coefficient (Wildman–Crippen LogP) is 4.70. The van der Waals surface area contributed by atoms with Crippen LogP contribution in [-0.4, -0.2) is 36.8 Å². The number of benzene rings is 3. The molecule has 0 bridgehead atoms. The van der Waals surface area contributed by atoms with Gasteiger partial charge < -0.3 is 25.4 Å². The van der Waals surface area contributed by atoms with Gasteiger partial charge >= 0.3 is 0 Å². The second kappa shape index (κ2) is 11.7. The smallest absolute Gasteiger partial charge is 0.202 e. The molecule has 1 heterocycles. The van der Waals surface area contributed by atoms with E-state index < -0.39 is 6.23 Å². The van der Waals surface area contributed by atoms with Crippen LogP contribution in [0.3, 0.4) is 0 Å². The minimum Gasteiger partial charge on any atom is -0.492 e. The summed E-state index contributed by atoms with van der Waals surface area (Å²) in [7, 11) is 0. The Hall–Kier alpha value is -2.78. The van der Waals surface area contributed by atoms with E-state index in [1.165, 1.54) is 5.56 Å². The number of guanidine groups is 1. The number of nitrogens with zero attached hydrogens (tertiary/aromatic N) is 2. The Bertz CT molecular complexity index is 1000. The molecule has 3 aromatic carbocycles. The van der Waals surface area contributed by atoms with Gasteiger partial charge in [0.2, 0.25) is 5.96 Å². The van der Waals surface area contributed by atoms with Crippen molar-refractivity contribution in [2.75, 3.05) is 19.7 Å². The lowest BCUT2D eigenvalue weighted by Crippen LogP contribution is -2.54. The summed E-state index contributed by atoms with van der Waals surface area (Å²) in [5.74, 6) is 2.32. The van der Waals surface area contributed by atoms with Crippen LogP contribution >= 0.6 is 24.0 Å². The van der Waals surface area contributed by atoms with Crippen LogP contribution in [-0.2, 0) is 0 Å². The molecule has 3 N–H and O–H groups in total. The first-order valence-corrected chi connectivity index (χ1v) is 10.5. The number of hydrogen-bond acceptors (Lipinski definition) is 6. The van der Waals surface area contributed by atoms with Crippen LogP contribution in [0.5, 0.6) is 11.5 Å². The van der Waals surface area contributed by atoms with Crippen molar-refractivity contribution in [3.8, 4) is 11.5 Å². The number of nitrogens with two attached hydrogens (primary N) is 1. The molecular formula is C25H29IN4O2. The number of nitrogens with one attached hydrogen (secondary N) is 1. The molecule has 2 unspecified atom stereocenters. The Morgan fingerprint density at radius 3 is 2.25 bits per heavy atom. The maximum Gasteiger partial charge on any atom is 0.202 e. The maximum absolute atomic E-state index is 6.23. The quantitative estimate of drug-likeness (QED) is 0.318. The van der Waals surface area contributed by atoms with Gasteiger partial charge in [0.05, 0.1) is 18.3 Å². The van der Waals surface area contributed by atoms with Gasteiger partial charge in [-0.2, -0.15) is 0 Å². The monoisotopic (exact) mass is 544 g/mol. The highest BCUT2D eigenvalue weighted by atomic mass is 127. The fourth-order valence-electron chi connectivity index (χ4n) is 3.58. The number of para-hydroxylation sites is 3. The summed E-state index contributed by atoms with van der Waals surface area (Å²) in [4.78, 5) is 6.92. The minimum atomic E-state index is -0.398. The van der Waals surface area contributed by atoms with Gasteiger partial charge in [-0.25, -0.2) is 4.99 Å². The molecule has 0 amide bonds. The molecule has 0 aliphatic carbocycles. The van der Waals surface area contributed by atoms with Crippen molar-refractivity contribution in [1.29, 1.82) is 0 Å². The Morgan fingerprint density at radius 1 is 0.938 bits per heavy atom. The van der Waals surface area contributed by atoms with E-state index in [1.54, 1.807) is 0 Å². The van der Waals surface area contributed by atoms with E-state index in [1.807, 2.05) is 83.8 Å². The second-order valence-corrected chi connectivity index (χ2v) is 7.34. The summed E-state index contributed by atoms with van der Waals surface area (Å²) >= 11 is 0. The summed E-state index contributed by atoms with van der Waals surface area (Å²) < 4.78 is 12.2. The average molecular weight is 544 g/mol. The molecule has 168 valence electrons. The van der Waals surface area contributed by atoms with Crippen molar-refractivity contribution in [3.63, 3.8) is 0 Å². The van der Waals surface area contributed by atoms with E-state index in [2.05, 4.69) is 18.3 Å². The molecule has 6 nitrogen and oxygen atoms in total. The van der Waals surface area contributed by atoms with Crippen molar-refractivity contribution in [1.82, 2.24) is 10.2 Å². The summed E-state index contributed by atoms with van der Waals surface area (Å²) in [5.41, 5.74) is 8.27. The summed E-state index contributed by atoms with van der Waals surface area (Å²) in [5, 5.41) is 3.51. The normalized spacial score (nSPS) is 15.3. The van der Waals surface area contributed by atoms with Crippen LogP contribution < -0.4 is 20.5 Å². The molecule has 7 heteroatoms. The Kier molecular flexibility index (Phi) is 8.75. The van der Waals surface area contributed by atoms with Gasteiger partial charge in [0.1, 0.15) is 18.1 Å². The molecule has 1 aliphatic rings. The zero-order valence-corrected chi connectivity index (χ0v) is 20.4. The molecule has 0 aromatic heterocycles. The van der Waals surface area contributed by atoms with Gasteiger partial charge in [-0.15, -0.1) is 24.0 Å². The lowest BCUT2D eigenvalue weighted by Gasteiger charge is -2.36. The van der Waals surface area contributed by atoms with Crippen molar-refractivity contribution in [2.45, 2.75) is 19.2 Å². The lowest BCUT2D eigenvalue weighted by atomic mass is 10.1. The molecule has 0 radical (unpaired) electrons. The molecule has 32 heavy (non-hydrogen) atoms. The molecule has 0 fully saturated rings. The highest BCUT2D eigenvalue weighted by Gasteiger charge is 2.27. The predicted molar refractivity (Wildman–Crippen MR) is 139 cm³/mol. The summed E-state index contributed by atoms with van der Waals surface area (Å²) in [6, 6.07) is 27.8. The largest absolute Gasteiger partial charge is 0.492 e. The first-order chi connectivity index (χ1) is 15.2. The maximum atomic E-state index is 6.23. The fourth-order valence-corrected chi connectivity index (χ4v) is 3.58. The second-order valence-electron chi connectivity index (χ2n) is 7.34. The van der Waals surface area contributed by atoms with Crippen LogP contribution in [0.15, 0.2) is 89.9 Å². The van der Waals surface area contributed by atoms with E-state index in [9.17, 15) is 0 Å². The van der Waals surface area contributed by atoms with Gasteiger partial charge in [0, 0.05) is 6.54 Å². The topological polar surface area (TPSA) is 72.1 Å². The van der Waals surface area contributed by atoms with Gasteiger partial charge in [0.15, 0.2) is 6.23 Å². The molecule has 0 saturated carbocycles. The van der Waals surface area contributed by atoms with Crippen molar-refractivity contribution in [3.05, 3.63) is 90.5 Å². The standard InChI is InChI=1S/C25H28N4O2.HI/c1-19-22-14-8-9-15-23(22)28-25(27-19)29(16-17-30-20-10-4-2-5-11-20)24(18-26)31-21-12-6-3-7-13-21;/h2-15,19,24H,16-18,26H2,1H3,(H,27,28);1H. The van der Waals surface area contributed by atoms with E-state index in [-0.39, 0.29) is 30.0 Å². The highest BCUT2D eigenvalue weighted by Crippen LogP contribution is 2.29. The molecular weight excluding hydrogens is 515 g/mol. The van der Waals surface area contributed by atoms with Crippen LogP contribution in [0.25, 0.3) is 0 Å². The van der Waals surface area contributed by atoms with E-state index in [0.717, 1.165) is 23.1 Å². The third kappa shape index (κ3) is 5.92. The van der Waals surface area contributed by atoms with Crippen LogP contribution in [0.4, 0.5) is 5.69 Å². The van der Waals surface area contributed by atoms with E-state index in [0.29, 0.717) is 19.7 Å². The van der Waals surface area contributed by atoms with Gasteiger partial charge in [0.25, 0.3) is 0 Å². The lowest BCUT2D eigenvalue weighted by molar-refractivity contribution is 0.0713. The number of aliphatic imine (C=N–C) groups is 1. The number of fused-ring (bicyclic) bond motifs is 1. The highest BCUT2D eigenvalue weighted by molar-refractivity contribution is 14.0. The molecule has 1 aliphatic heterocycles. The number of halogens is 1. The third-order valence-electron chi connectivity index (χ3n) is 5.16. The SMILES string of the molecule is CC1NC(N(CCOc2ccccc2)C(CN)Oc2ccccc2)=Nc2ccccc21.I. The van der Waals surface area contributed by atoms with Crippen LogP contribution in [0.1, 0.15) is 18.5 Å². The molecule has 2 atom stereocenters. The number of ether oxygens (including phenoxy) is 2. The third-order valence-corrected chi connectivity index (χ3v) is 5.16. The van der Waals surface area contributed by atoms with Gasteiger partial charge in [-0.05, 0) is 42.8 Å². The van der Waals surface area contributed by atoms with E-state index >= 15 is 0 Å². The zero-order valence-electron chi connectivity index (χ0n) is 18.1. The first-order valence-electron chi connectivity index (χ1n) is 10.5. The molecule has 3 aromatic rings. The van der Waals surface area contributed by atoms with Gasteiger partial charge in [-0.3, -0.25) is 0 Å².